The van der Waals surface area contributed by atoms with Crippen LogP contribution < -0.4 is 10.6 Å². The molecule has 2 heterocycles. The summed E-state index contributed by atoms with van der Waals surface area (Å²) >= 11 is 0. The van der Waals surface area contributed by atoms with Crippen molar-refractivity contribution in [3.63, 3.8) is 0 Å². The molecule has 0 atom stereocenters. The van der Waals surface area contributed by atoms with Crippen LogP contribution in [0.2, 0.25) is 0 Å². The molecule has 1 aromatic heterocycles. The highest BCUT2D eigenvalue weighted by atomic mass is 15.1. The summed E-state index contributed by atoms with van der Waals surface area (Å²) in [6.45, 7) is 2.19. The van der Waals surface area contributed by atoms with Gasteiger partial charge in [-0.15, -0.1) is 0 Å². The second-order valence-corrected chi connectivity index (χ2v) is 5.84. The molecule has 2 aliphatic rings. The Morgan fingerprint density at radius 3 is 2.32 bits per heavy atom. The van der Waals surface area contributed by atoms with Crippen molar-refractivity contribution in [2.75, 3.05) is 18.4 Å². The van der Waals surface area contributed by atoms with Crippen LogP contribution in [0.1, 0.15) is 56.4 Å². The van der Waals surface area contributed by atoms with Gasteiger partial charge in [-0.2, -0.15) is 0 Å². The third-order valence-corrected chi connectivity index (χ3v) is 4.42. The quantitative estimate of drug-likeness (QED) is 0.877. The average Bonchev–Trinajstić information content (AvgIpc) is 2.50. The fourth-order valence-electron chi connectivity index (χ4n) is 3.21. The van der Waals surface area contributed by atoms with Crippen LogP contribution in [0.25, 0.3) is 0 Å². The van der Waals surface area contributed by atoms with Crippen molar-refractivity contribution in [3.05, 3.63) is 18.0 Å². The van der Waals surface area contributed by atoms with E-state index in [2.05, 4.69) is 20.6 Å². The normalized spacial score (nSPS) is 22.3. The van der Waals surface area contributed by atoms with E-state index in [1.54, 1.807) is 0 Å². The van der Waals surface area contributed by atoms with Gasteiger partial charge < -0.3 is 10.6 Å². The highest BCUT2D eigenvalue weighted by molar-refractivity contribution is 5.27. The Balaban J connectivity index is 1.58. The van der Waals surface area contributed by atoms with Crippen LogP contribution >= 0.6 is 0 Å². The molecule has 4 nitrogen and oxygen atoms in total. The Bertz CT molecular complexity index is 378. The molecule has 0 aromatic carbocycles. The van der Waals surface area contributed by atoms with Gasteiger partial charge in [0.15, 0.2) is 0 Å². The lowest BCUT2D eigenvalue weighted by Crippen LogP contribution is -2.35. The Hall–Kier alpha value is -1.16. The first kappa shape index (κ1) is 12.9. The molecule has 0 amide bonds. The monoisotopic (exact) mass is 260 g/mol. The predicted molar refractivity (Wildman–Crippen MR) is 77.4 cm³/mol. The fourth-order valence-corrected chi connectivity index (χ4v) is 3.21. The molecule has 19 heavy (non-hydrogen) atoms. The zero-order valence-corrected chi connectivity index (χ0v) is 11.6. The summed E-state index contributed by atoms with van der Waals surface area (Å²) in [4.78, 5) is 9.01. The molecule has 1 aliphatic heterocycles. The van der Waals surface area contributed by atoms with Crippen molar-refractivity contribution in [1.29, 1.82) is 0 Å². The molecule has 1 aromatic rings. The van der Waals surface area contributed by atoms with Gasteiger partial charge in [-0.3, -0.25) is 0 Å². The smallest absolute Gasteiger partial charge is 0.222 e. The standard InChI is InChI=1S/C15H24N4/c1-2-4-12(5-3-1)13-10-17-15(18-11-13)19-14-6-8-16-9-7-14/h10-12,14,16H,1-9H2,(H,17,18,19). The molecule has 4 heteroatoms. The van der Waals surface area contributed by atoms with Gasteiger partial charge in [-0.1, -0.05) is 19.3 Å². The summed E-state index contributed by atoms with van der Waals surface area (Å²) in [7, 11) is 0. The Kier molecular flexibility index (Phi) is 4.28. The van der Waals surface area contributed by atoms with E-state index >= 15 is 0 Å². The third-order valence-electron chi connectivity index (χ3n) is 4.42. The Morgan fingerprint density at radius 1 is 0.947 bits per heavy atom. The van der Waals surface area contributed by atoms with Crippen molar-refractivity contribution < 1.29 is 0 Å². The van der Waals surface area contributed by atoms with Gasteiger partial charge in [0, 0.05) is 18.4 Å². The lowest BCUT2D eigenvalue weighted by molar-refractivity contribution is 0.442. The van der Waals surface area contributed by atoms with E-state index in [-0.39, 0.29) is 0 Å². The molecule has 2 fully saturated rings. The van der Waals surface area contributed by atoms with Crippen molar-refractivity contribution >= 4 is 5.95 Å². The molecule has 3 rings (SSSR count). The number of anilines is 1. The first-order chi connectivity index (χ1) is 9.42. The van der Waals surface area contributed by atoms with Crippen molar-refractivity contribution in [2.45, 2.75) is 56.9 Å². The molecule has 0 radical (unpaired) electrons. The minimum absolute atomic E-state index is 0.529. The largest absolute Gasteiger partial charge is 0.351 e. The maximum absolute atomic E-state index is 4.51. The second kappa shape index (κ2) is 6.33. The van der Waals surface area contributed by atoms with Gasteiger partial charge in [-0.25, -0.2) is 9.97 Å². The average molecular weight is 260 g/mol. The van der Waals surface area contributed by atoms with E-state index in [9.17, 15) is 0 Å². The number of hydrogen-bond donors (Lipinski definition) is 2. The van der Waals surface area contributed by atoms with E-state index < -0.39 is 0 Å². The summed E-state index contributed by atoms with van der Waals surface area (Å²) in [5, 5.41) is 6.82. The number of rotatable bonds is 3. The van der Waals surface area contributed by atoms with Crippen LogP contribution in [0.3, 0.4) is 0 Å². The van der Waals surface area contributed by atoms with Gasteiger partial charge in [0.25, 0.3) is 0 Å². The van der Waals surface area contributed by atoms with Crippen LogP contribution in [0.5, 0.6) is 0 Å². The van der Waals surface area contributed by atoms with Crippen LogP contribution in [0.4, 0.5) is 5.95 Å². The second-order valence-electron chi connectivity index (χ2n) is 5.84. The lowest BCUT2D eigenvalue weighted by atomic mass is 9.85. The lowest BCUT2D eigenvalue weighted by Gasteiger charge is -2.24. The first-order valence-corrected chi connectivity index (χ1v) is 7.71. The number of piperidine rings is 1. The zero-order chi connectivity index (χ0) is 12.9. The van der Waals surface area contributed by atoms with E-state index in [0.29, 0.717) is 12.0 Å². The number of aromatic nitrogens is 2. The third kappa shape index (κ3) is 3.44. The van der Waals surface area contributed by atoms with E-state index in [1.807, 2.05) is 12.4 Å². The Morgan fingerprint density at radius 2 is 1.63 bits per heavy atom. The molecule has 1 saturated heterocycles. The minimum Gasteiger partial charge on any atom is -0.351 e. The molecule has 0 spiro atoms. The van der Waals surface area contributed by atoms with Gasteiger partial charge >= 0.3 is 0 Å². The maximum atomic E-state index is 4.51. The van der Waals surface area contributed by atoms with Gasteiger partial charge in [0.1, 0.15) is 0 Å². The molecule has 104 valence electrons. The molecule has 0 unspecified atom stereocenters. The van der Waals surface area contributed by atoms with Crippen LogP contribution in [0, 0.1) is 0 Å². The summed E-state index contributed by atoms with van der Waals surface area (Å²) in [5.74, 6) is 1.49. The van der Waals surface area contributed by atoms with Crippen molar-refractivity contribution in [3.8, 4) is 0 Å². The van der Waals surface area contributed by atoms with Crippen LogP contribution in [-0.4, -0.2) is 29.1 Å². The van der Waals surface area contributed by atoms with Gasteiger partial charge in [-0.05, 0) is 50.3 Å². The van der Waals surface area contributed by atoms with E-state index in [1.165, 1.54) is 37.7 Å². The number of nitrogens with one attached hydrogen (secondary N) is 2. The minimum atomic E-state index is 0.529. The van der Waals surface area contributed by atoms with Crippen molar-refractivity contribution in [2.24, 2.45) is 0 Å². The highest BCUT2D eigenvalue weighted by Crippen LogP contribution is 2.31. The molecule has 1 saturated carbocycles. The molecular weight excluding hydrogens is 236 g/mol. The van der Waals surface area contributed by atoms with Gasteiger partial charge in [0.2, 0.25) is 5.95 Å². The topological polar surface area (TPSA) is 49.8 Å². The SMILES string of the molecule is c1nc(NC2CCNCC2)ncc1C1CCCCC1. The van der Waals surface area contributed by atoms with Crippen LogP contribution in [-0.2, 0) is 0 Å². The van der Waals surface area contributed by atoms with E-state index in [0.717, 1.165) is 31.9 Å². The maximum Gasteiger partial charge on any atom is 0.222 e. The number of nitrogens with zero attached hydrogens (tertiary/aromatic N) is 2. The zero-order valence-electron chi connectivity index (χ0n) is 11.6. The summed E-state index contributed by atoms with van der Waals surface area (Å²) in [5.41, 5.74) is 1.33. The Labute approximate surface area is 115 Å². The van der Waals surface area contributed by atoms with Crippen molar-refractivity contribution in [1.82, 2.24) is 15.3 Å². The number of hydrogen-bond acceptors (Lipinski definition) is 4. The predicted octanol–water partition coefficient (Wildman–Crippen LogP) is 2.69. The molecule has 1 aliphatic carbocycles. The molecule has 2 N–H and O–H groups in total. The summed E-state index contributed by atoms with van der Waals surface area (Å²) in [6.07, 6.45) is 13.1. The van der Waals surface area contributed by atoms with Crippen LogP contribution in [0.15, 0.2) is 12.4 Å². The summed E-state index contributed by atoms with van der Waals surface area (Å²) in [6, 6.07) is 0.529. The van der Waals surface area contributed by atoms with E-state index in [4.69, 9.17) is 0 Å². The first-order valence-electron chi connectivity index (χ1n) is 7.71. The highest BCUT2D eigenvalue weighted by Gasteiger charge is 2.17. The molecule has 0 bridgehead atoms. The summed E-state index contributed by atoms with van der Waals surface area (Å²) < 4.78 is 0. The van der Waals surface area contributed by atoms with Gasteiger partial charge in [0.05, 0.1) is 0 Å². The molecular formula is C15H24N4. The fraction of sp³-hybridized carbons (Fsp3) is 0.733.